The average Bonchev–Trinajstić information content (AvgIpc) is 2.19. The summed E-state index contributed by atoms with van der Waals surface area (Å²) in [5.41, 5.74) is 2.68. The van der Waals surface area contributed by atoms with Crippen molar-refractivity contribution in [2.45, 2.75) is 24.3 Å². The van der Waals surface area contributed by atoms with E-state index in [2.05, 4.69) is 23.0 Å². The Morgan fingerprint density at radius 2 is 2.38 bits per heavy atom. The van der Waals surface area contributed by atoms with E-state index in [1.807, 2.05) is 11.8 Å². The van der Waals surface area contributed by atoms with Crippen molar-refractivity contribution in [1.29, 1.82) is 0 Å². The predicted octanol–water partition coefficient (Wildman–Crippen LogP) is 2.12. The molecule has 2 nitrogen and oxygen atoms in total. The molecule has 2 N–H and O–H groups in total. The first-order valence-corrected chi connectivity index (χ1v) is 5.45. The molecule has 13 heavy (non-hydrogen) atoms. The molecule has 0 aliphatic carbocycles. The Bertz CT molecular complexity index is 301. The van der Waals surface area contributed by atoms with Crippen LogP contribution in [0.1, 0.15) is 17.5 Å². The molecule has 1 aromatic carbocycles. The fraction of sp³-hybridized carbons (Fsp3) is 0.400. The highest BCUT2D eigenvalue weighted by atomic mass is 32.2. The number of aryl methyl sites for hydroxylation is 1. The molecule has 0 saturated carbocycles. The van der Waals surface area contributed by atoms with Gasteiger partial charge in [0.15, 0.2) is 0 Å². The molecule has 1 aliphatic heterocycles. The molecule has 0 bridgehead atoms. The van der Waals surface area contributed by atoms with Crippen molar-refractivity contribution in [1.82, 2.24) is 0 Å². The molecule has 0 spiro atoms. The third-order valence-corrected chi connectivity index (χ3v) is 3.56. The van der Waals surface area contributed by atoms with Gasteiger partial charge in [-0.05, 0) is 29.7 Å². The van der Waals surface area contributed by atoms with Crippen LogP contribution in [-0.2, 0) is 17.9 Å². The van der Waals surface area contributed by atoms with Gasteiger partial charge in [0.2, 0.25) is 0 Å². The molecule has 0 radical (unpaired) electrons. The lowest BCUT2D eigenvalue weighted by atomic mass is 10.1. The Labute approximate surface area is 82.4 Å². The summed E-state index contributed by atoms with van der Waals surface area (Å²) in [7, 11) is 0. The number of nitrogens with two attached hydrogens (primary N) is 1. The minimum Gasteiger partial charge on any atom is -0.300 e. The summed E-state index contributed by atoms with van der Waals surface area (Å²) >= 11 is 1.92. The van der Waals surface area contributed by atoms with Crippen LogP contribution in [0.25, 0.3) is 0 Å². The van der Waals surface area contributed by atoms with Crippen molar-refractivity contribution in [3.8, 4) is 0 Å². The average molecular weight is 195 g/mol. The minimum atomic E-state index is 0.524. The lowest BCUT2D eigenvalue weighted by Gasteiger charge is -2.17. The summed E-state index contributed by atoms with van der Waals surface area (Å²) in [4.78, 5) is 6.07. The Balaban J connectivity index is 2.34. The third kappa shape index (κ3) is 1.88. The van der Waals surface area contributed by atoms with E-state index in [4.69, 9.17) is 5.90 Å². The summed E-state index contributed by atoms with van der Waals surface area (Å²) in [5.74, 6) is 6.30. The molecule has 2 rings (SSSR count). The van der Waals surface area contributed by atoms with E-state index in [1.165, 1.54) is 34.6 Å². The van der Waals surface area contributed by atoms with Gasteiger partial charge in [0, 0.05) is 4.90 Å². The smallest absolute Gasteiger partial charge is 0.0940 e. The van der Waals surface area contributed by atoms with Crippen molar-refractivity contribution in [3.05, 3.63) is 29.3 Å². The normalized spacial score (nSPS) is 15.5. The van der Waals surface area contributed by atoms with Crippen LogP contribution in [0.4, 0.5) is 0 Å². The topological polar surface area (TPSA) is 35.2 Å². The number of rotatable bonds is 2. The monoisotopic (exact) mass is 195 g/mol. The Morgan fingerprint density at radius 1 is 1.46 bits per heavy atom. The summed E-state index contributed by atoms with van der Waals surface area (Å²) in [6, 6.07) is 6.37. The Kier molecular flexibility index (Phi) is 2.88. The summed E-state index contributed by atoms with van der Waals surface area (Å²) < 4.78 is 0. The maximum absolute atomic E-state index is 5.08. The zero-order chi connectivity index (χ0) is 9.10. The quantitative estimate of drug-likeness (QED) is 0.734. The second kappa shape index (κ2) is 4.13. The largest absolute Gasteiger partial charge is 0.300 e. The summed E-state index contributed by atoms with van der Waals surface area (Å²) in [6.07, 6.45) is 2.48. The van der Waals surface area contributed by atoms with Crippen LogP contribution in [0.5, 0.6) is 0 Å². The maximum atomic E-state index is 5.08. The van der Waals surface area contributed by atoms with E-state index < -0.39 is 0 Å². The van der Waals surface area contributed by atoms with E-state index >= 15 is 0 Å². The second-order valence-electron chi connectivity index (χ2n) is 3.17. The van der Waals surface area contributed by atoms with E-state index in [0.29, 0.717) is 6.61 Å². The number of benzene rings is 1. The number of hydrogen-bond donors (Lipinski definition) is 1. The van der Waals surface area contributed by atoms with Crippen molar-refractivity contribution in [2.24, 2.45) is 5.90 Å². The first-order valence-electron chi connectivity index (χ1n) is 4.47. The zero-order valence-electron chi connectivity index (χ0n) is 7.45. The molecule has 70 valence electrons. The highest BCUT2D eigenvalue weighted by molar-refractivity contribution is 7.99. The lowest BCUT2D eigenvalue weighted by molar-refractivity contribution is 0.122. The molecule has 0 unspecified atom stereocenters. The van der Waals surface area contributed by atoms with Gasteiger partial charge in [-0.1, -0.05) is 18.2 Å². The van der Waals surface area contributed by atoms with Crippen molar-refractivity contribution in [2.75, 3.05) is 5.75 Å². The van der Waals surface area contributed by atoms with Gasteiger partial charge in [-0.3, -0.25) is 4.84 Å². The second-order valence-corrected chi connectivity index (χ2v) is 4.27. The van der Waals surface area contributed by atoms with Gasteiger partial charge < -0.3 is 0 Å². The van der Waals surface area contributed by atoms with Crippen LogP contribution in [0.2, 0.25) is 0 Å². The molecular weight excluding hydrogens is 182 g/mol. The fourth-order valence-corrected chi connectivity index (χ4v) is 2.82. The maximum Gasteiger partial charge on any atom is 0.0940 e. The van der Waals surface area contributed by atoms with Gasteiger partial charge in [0.25, 0.3) is 0 Å². The Morgan fingerprint density at radius 3 is 3.23 bits per heavy atom. The fourth-order valence-electron chi connectivity index (χ4n) is 1.66. The van der Waals surface area contributed by atoms with E-state index in [0.717, 1.165) is 0 Å². The van der Waals surface area contributed by atoms with Crippen LogP contribution < -0.4 is 5.90 Å². The minimum absolute atomic E-state index is 0.524. The number of thioether (sulfide) groups is 1. The van der Waals surface area contributed by atoms with Gasteiger partial charge in [-0.25, -0.2) is 5.90 Å². The molecule has 0 saturated heterocycles. The van der Waals surface area contributed by atoms with Crippen molar-refractivity contribution >= 4 is 11.8 Å². The first-order chi connectivity index (χ1) is 6.42. The van der Waals surface area contributed by atoms with Crippen LogP contribution in [0, 0.1) is 0 Å². The summed E-state index contributed by atoms with van der Waals surface area (Å²) in [5, 5.41) is 0. The van der Waals surface area contributed by atoms with E-state index in [9.17, 15) is 0 Å². The first kappa shape index (κ1) is 9.06. The molecular formula is C10H13NOS. The van der Waals surface area contributed by atoms with Crippen LogP contribution >= 0.6 is 11.8 Å². The number of fused-ring (bicyclic) bond motifs is 1. The summed E-state index contributed by atoms with van der Waals surface area (Å²) in [6.45, 7) is 0.524. The zero-order valence-corrected chi connectivity index (χ0v) is 8.27. The molecule has 1 aromatic rings. The Hall–Kier alpha value is -0.510. The van der Waals surface area contributed by atoms with Crippen LogP contribution in [-0.4, -0.2) is 5.75 Å². The highest BCUT2D eigenvalue weighted by Crippen LogP contribution is 2.33. The van der Waals surface area contributed by atoms with E-state index in [1.54, 1.807) is 0 Å². The molecule has 0 fully saturated rings. The third-order valence-electron chi connectivity index (χ3n) is 2.25. The standard InChI is InChI=1S/C10H13NOS/c11-12-7-9-4-1-3-8-5-2-6-13-10(8)9/h1,3-4H,2,5-7,11H2. The molecule has 3 heteroatoms. The molecule has 0 aromatic heterocycles. The van der Waals surface area contributed by atoms with Gasteiger partial charge in [-0.2, -0.15) is 0 Å². The van der Waals surface area contributed by atoms with Gasteiger partial charge >= 0.3 is 0 Å². The van der Waals surface area contributed by atoms with Crippen LogP contribution in [0.15, 0.2) is 23.1 Å². The van der Waals surface area contributed by atoms with E-state index in [-0.39, 0.29) is 0 Å². The van der Waals surface area contributed by atoms with Crippen molar-refractivity contribution in [3.63, 3.8) is 0 Å². The molecule has 1 heterocycles. The van der Waals surface area contributed by atoms with Crippen molar-refractivity contribution < 1.29 is 4.84 Å². The lowest BCUT2D eigenvalue weighted by Crippen LogP contribution is -2.05. The highest BCUT2D eigenvalue weighted by Gasteiger charge is 2.12. The molecule has 1 aliphatic rings. The van der Waals surface area contributed by atoms with Gasteiger partial charge in [0.1, 0.15) is 0 Å². The van der Waals surface area contributed by atoms with Gasteiger partial charge in [0.05, 0.1) is 6.61 Å². The molecule has 0 amide bonds. The molecule has 0 atom stereocenters. The van der Waals surface area contributed by atoms with Gasteiger partial charge in [-0.15, -0.1) is 11.8 Å². The predicted molar refractivity (Wildman–Crippen MR) is 54.5 cm³/mol. The number of hydrogen-bond acceptors (Lipinski definition) is 3. The SMILES string of the molecule is NOCc1cccc2c1SCCC2. The van der Waals surface area contributed by atoms with Crippen LogP contribution in [0.3, 0.4) is 0 Å².